The van der Waals surface area contributed by atoms with Gasteiger partial charge in [0.1, 0.15) is 16.4 Å². The molecule has 0 unspecified atom stereocenters. The van der Waals surface area contributed by atoms with E-state index in [1.54, 1.807) is 11.4 Å². The van der Waals surface area contributed by atoms with Crippen molar-refractivity contribution in [2.45, 2.75) is 11.4 Å². The number of hydrogen-bond donors (Lipinski definition) is 2. The Morgan fingerprint density at radius 2 is 2.10 bits per heavy atom. The fourth-order valence-electron chi connectivity index (χ4n) is 1.65. The second-order valence-corrected chi connectivity index (χ2v) is 6.64. The van der Waals surface area contributed by atoms with E-state index in [1.165, 1.54) is 37.7 Å². The molecule has 1 aromatic carbocycles. The molecule has 0 spiro atoms. The van der Waals surface area contributed by atoms with Crippen molar-refractivity contribution in [3.63, 3.8) is 0 Å². The molecule has 0 saturated heterocycles. The summed E-state index contributed by atoms with van der Waals surface area (Å²) in [5, 5.41) is 2.09. The second-order valence-electron chi connectivity index (χ2n) is 4.02. The highest BCUT2D eigenvalue weighted by Crippen LogP contribution is 2.28. The van der Waals surface area contributed by atoms with E-state index in [9.17, 15) is 8.42 Å². The Labute approximate surface area is 126 Å². The number of hydrogen-bond acceptors (Lipinski definition) is 7. The topological polar surface area (TPSA) is 104 Å². The molecule has 0 amide bonds. The lowest BCUT2D eigenvalue weighted by atomic mass is 10.3. The van der Waals surface area contributed by atoms with Gasteiger partial charge in [0.25, 0.3) is 0 Å². The van der Waals surface area contributed by atoms with Crippen LogP contribution in [0.5, 0.6) is 11.5 Å². The number of nitrogens with zero attached hydrogens (tertiary/aromatic N) is 1. The standard InChI is InChI=1S/C12H15N3O4S2/c1-18-9-3-4-11(10(5-9)19-2)21(16,17)14-6-8-7-20-12(13)15-8/h3-5,7,14H,6H2,1-2H3,(H2,13,15). The van der Waals surface area contributed by atoms with Crippen molar-refractivity contribution < 1.29 is 17.9 Å². The van der Waals surface area contributed by atoms with Crippen molar-refractivity contribution >= 4 is 26.5 Å². The van der Waals surface area contributed by atoms with E-state index in [2.05, 4.69) is 9.71 Å². The molecule has 2 rings (SSSR count). The zero-order chi connectivity index (χ0) is 15.5. The second kappa shape index (κ2) is 6.29. The SMILES string of the molecule is COc1ccc(S(=O)(=O)NCc2csc(N)n2)c(OC)c1. The van der Waals surface area contributed by atoms with Crippen LogP contribution in [0.2, 0.25) is 0 Å². The summed E-state index contributed by atoms with van der Waals surface area (Å²) < 4.78 is 37.2. The fourth-order valence-corrected chi connectivity index (χ4v) is 3.36. The molecule has 0 aliphatic carbocycles. The first-order valence-corrected chi connectivity index (χ1v) is 8.24. The number of rotatable bonds is 6. The molecule has 0 atom stereocenters. The van der Waals surface area contributed by atoms with Gasteiger partial charge in [-0.05, 0) is 12.1 Å². The van der Waals surface area contributed by atoms with Crippen molar-refractivity contribution in [2.75, 3.05) is 20.0 Å². The average Bonchev–Trinajstić information content (AvgIpc) is 2.90. The molecule has 1 aromatic heterocycles. The molecule has 3 N–H and O–H groups in total. The molecule has 21 heavy (non-hydrogen) atoms. The smallest absolute Gasteiger partial charge is 0.244 e. The van der Waals surface area contributed by atoms with Crippen LogP contribution in [0.3, 0.4) is 0 Å². The number of sulfonamides is 1. The summed E-state index contributed by atoms with van der Waals surface area (Å²) in [5.41, 5.74) is 6.07. The van der Waals surface area contributed by atoms with Gasteiger partial charge in [0.2, 0.25) is 10.0 Å². The number of nitrogens with one attached hydrogen (secondary N) is 1. The van der Waals surface area contributed by atoms with Gasteiger partial charge in [-0.15, -0.1) is 11.3 Å². The average molecular weight is 329 g/mol. The van der Waals surface area contributed by atoms with Gasteiger partial charge < -0.3 is 15.2 Å². The minimum atomic E-state index is -3.72. The van der Waals surface area contributed by atoms with E-state index in [0.29, 0.717) is 16.6 Å². The van der Waals surface area contributed by atoms with Gasteiger partial charge in [0.15, 0.2) is 5.13 Å². The zero-order valence-corrected chi connectivity index (χ0v) is 13.1. The van der Waals surface area contributed by atoms with Crippen LogP contribution in [0, 0.1) is 0 Å². The third kappa shape index (κ3) is 3.63. The molecule has 0 radical (unpaired) electrons. The number of ether oxygens (including phenoxy) is 2. The van der Waals surface area contributed by atoms with E-state index in [0.717, 1.165) is 0 Å². The van der Waals surface area contributed by atoms with Gasteiger partial charge in [-0.1, -0.05) is 0 Å². The van der Waals surface area contributed by atoms with E-state index >= 15 is 0 Å². The monoisotopic (exact) mass is 329 g/mol. The maximum atomic E-state index is 12.3. The van der Waals surface area contributed by atoms with E-state index in [-0.39, 0.29) is 17.2 Å². The number of benzene rings is 1. The fraction of sp³-hybridized carbons (Fsp3) is 0.250. The molecule has 0 fully saturated rings. The van der Waals surface area contributed by atoms with Crippen LogP contribution in [0.25, 0.3) is 0 Å². The molecule has 0 bridgehead atoms. The summed E-state index contributed by atoms with van der Waals surface area (Å²) in [7, 11) is -0.832. The van der Waals surface area contributed by atoms with Crippen LogP contribution >= 0.6 is 11.3 Å². The van der Waals surface area contributed by atoms with Crippen LogP contribution in [0.4, 0.5) is 5.13 Å². The van der Waals surface area contributed by atoms with E-state index < -0.39 is 10.0 Å². The van der Waals surface area contributed by atoms with Crippen LogP contribution in [-0.2, 0) is 16.6 Å². The maximum Gasteiger partial charge on any atom is 0.244 e. The number of aromatic nitrogens is 1. The van der Waals surface area contributed by atoms with E-state index in [4.69, 9.17) is 15.2 Å². The number of methoxy groups -OCH3 is 2. The first kappa shape index (κ1) is 15.5. The predicted molar refractivity (Wildman–Crippen MR) is 80.1 cm³/mol. The molecule has 0 saturated carbocycles. The van der Waals surface area contributed by atoms with Crippen LogP contribution in [-0.4, -0.2) is 27.6 Å². The van der Waals surface area contributed by atoms with Gasteiger partial charge in [-0.2, -0.15) is 0 Å². The number of thiazole rings is 1. The lowest BCUT2D eigenvalue weighted by Gasteiger charge is -2.11. The van der Waals surface area contributed by atoms with Gasteiger partial charge in [0.05, 0.1) is 26.5 Å². The molecule has 9 heteroatoms. The van der Waals surface area contributed by atoms with Crippen molar-refractivity contribution in [3.8, 4) is 11.5 Å². The molecule has 0 aliphatic heterocycles. The summed E-state index contributed by atoms with van der Waals surface area (Å²) in [6.07, 6.45) is 0. The lowest BCUT2D eigenvalue weighted by Crippen LogP contribution is -2.24. The van der Waals surface area contributed by atoms with Crippen LogP contribution in [0.15, 0.2) is 28.5 Å². The van der Waals surface area contributed by atoms with E-state index in [1.807, 2.05) is 0 Å². The molecule has 1 heterocycles. The molecular formula is C12H15N3O4S2. The summed E-state index contributed by atoms with van der Waals surface area (Å²) in [4.78, 5) is 4.03. The minimum Gasteiger partial charge on any atom is -0.497 e. The minimum absolute atomic E-state index is 0.0361. The number of nitrogen functional groups attached to an aromatic ring is 1. The first-order chi connectivity index (χ1) is 9.96. The Bertz CT molecular complexity index is 728. The first-order valence-electron chi connectivity index (χ1n) is 5.88. The quantitative estimate of drug-likeness (QED) is 0.826. The summed E-state index contributed by atoms with van der Waals surface area (Å²) in [6.45, 7) is 0.0607. The zero-order valence-electron chi connectivity index (χ0n) is 11.5. The Kier molecular flexibility index (Phi) is 4.66. The highest BCUT2D eigenvalue weighted by Gasteiger charge is 2.20. The summed E-state index contributed by atoms with van der Waals surface area (Å²) in [6, 6.07) is 4.49. The van der Waals surface area contributed by atoms with Gasteiger partial charge in [0, 0.05) is 11.4 Å². The lowest BCUT2D eigenvalue weighted by molar-refractivity contribution is 0.386. The van der Waals surface area contributed by atoms with Crippen molar-refractivity contribution in [1.29, 1.82) is 0 Å². The molecule has 2 aromatic rings. The highest BCUT2D eigenvalue weighted by atomic mass is 32.2. The Morgan fingerprint density at radius 1 is 1.33 bits per heavy atom. The Balaban J connectivity index is 2.22. The number of anilines is 1. The van der Waals surface area contributed by atoms with Crippen LogP contribution < -0.4 is 19.9 Å². The Hall–Kier alpha value is -1.84. The maximum absolute atomic E-state index is 12.3. The third-order valence-electron chi connectivity index (χ3n) is 2.67. The third-order valence-corrected chi connectivity index (χ3v) is 4.84. The van der Waals surface area contributed by atoms with Crippen molar-refractivity contribution in [1.82, 2.24) is 9.71 Å². The normalized spacial score (nSPS) is 11.3. The highest BCUT2D eigenvalue weighted by molar-refractivity contribution is 7.89. The Morgan fingerprint density at radius 3 is 2.67 bits per heavy atom. The van der Waals surface area contributed by atoms with Gasteiger partial charge in [-0.3, -0.25) is 0 Å². The molecule has 7 nitrogen and oxygen atoms in total. The van der Waals surface area contributed by atoms with Gasteiger partial charge in [-0.25, -0.2) is 18.1 Å². The predicted octanol–water partition coefficient (Wildman–Crippen LogP) is 1.22. The largest absolute Gasteiger partial charge is 0.497 e. The van der Waals surface area contributed by atoms with Crippen LogP contribution in [0.1, 0.15) is 5.69 Å². The summed E-state index contributed by atoms with van der Waals surface area (Å²) >= 11 is 1.25. The summed E-state index contributed by atoms with van der Waals surface area (Å²) in [5.74, 6) is 0.720. The molecule has 0 aliphatic rings. The number of nitrogens with two attached hydrogens (primary N) is 1. The molecule has 114 valence electrons. The van der Waals surface area contributed by atoms with Gasteiger partial charge >= 0.3 is 0 Å². The van der Waals surface area contributed by atoms with Crippen molar-refractivity contribution in [2.24, 2.45) is 0 Å². The molecular weight excluding hydrogens is 314 g/mol. The van der Waals surface area contributed by atoms with Crippen molar-refractivity contribution in [3.05, 3.63) is 29.3 Å².